The summed E-state index contributed by atoms with van der Waals surface area (Å²) in [5.41, 5.74) is 12.4. The molecule has 56 heavy (non-hydrogen) atoms. The first-order chi connectivity index (χ1) is 27.8. The summed E-state index contributed by atoms with van der Waals surface area (Å²) in [7, 11) is 0. The van der Waals surface area contributed by atoms with E-state index < -0.39 is 0 Å². The Morgan fingerprint density at radius 2 is 0.768 bits per heavy atom. The molecule has 6 nitrogen and oxygen atoms in total. The van der Waals surface area contributed by atoms with Crippen LogP contribution in [-0.4, -0.2) is 29.1 Å². The minimum atomic E-state index is 0.576. The van der Waals surface area contributed by atoms with Crippen LogP contribution >= 0.6 is 0 Å². The topological polar surface area (TPSA) is 61.4 Å². The highest BCUT2D eigenvalue weighted by atomic mass is 15.2. The lowest BCUT2D eigenvalue weighted by atomic mass is 10.0. The SMILES string of the molecule is c1ccc(-c2cc(-c3ccccc3)nc(-c3cnc(-n4c5ccccc5c5cc(-c6ccc7c(c6)c6ccccc6n7-c6ccccc6)ccc54)nc3)n2)cc1. The Morgan fingerprint density at radius 1 is 0.321 bits per heavy atom. The summed E-state index contributed by atoms with van der Waals surface area (Å²) < 4.78 is 4.50. The first-order valence-electron chi connectivity index (χ1n) is 18.7. The molecule has 262 valence electrons. The first-order valence-corrected chi connectivity index (χ1v) is 18.7. The normalized spacial score (nSPS) is 11.6. The standard InChI is InChI=1S/C50H32N6/c1-4-14-33(15-5-1)43-30-44(34-16-6-2-7-17-34)54-49(53-43)37-31-51-50(52-32-37)56-46-23-13-11-21-40(46)42-29-36(25-27-48(42)56)35-24-26-47-41(28-35)39-20-10-12-22-45(39)55(47)38-18-8-3-9-19-38/h1-32H. The molecule has 7 aromatic carbocycles. The van der Waals surface area contributed by atoms with Crippen molar-refractivity contribution in [1.29, 1.82) is 0 Å². The van der Waals surface area contributed by atoms with Gasteiger partial charge in [0, 0.05) is 50.8 Å². The van der Waals surface area contributed by atoms with Crippen LogP contribution in [0.25, 0.3) is 100 Å². The third-order valence-corrected chi connectivity index (χ3v) is 10.7. The molecule has 0 N–H and O–H groups in total. The van der Waals surface area contributed by atoms with E-state index in [1.54, 1.807) is 0 Å². The molecular formula is C50H32N6. The second-order valence-corrected chi connectivity index (χ2v) is 14.0. The van der Waals surface area contributed by atoms with Gasteiger partial charge in [-0.25, -0.2) is 19.9 Å². The molecule has 0 aliphatic heterocycles. The number of nitrogens with zero attached hydrogens (tertiary/aromatic N) is 6. The molecule has 11 rings (SSSR count). The number of benzene rings is 7. The van der Waals surface area contributed by atoms with Gasteiger partial charge in [-0.2, -0.15) is 0 Å². The van der Waals surface area contributed by atoms with Gasteiger partial charge in [0.2, 0.25) is 5.95 Å². The minimum Gasteiger partial charge on any atom is -0.309 e. The molecule has 0 fully saturated rings. The van der Waals surface area contributed by atoms with Gasteiger partial charge in [0.25, 0.3) is 0 Å². The van der Waals surface area contributed by atoms with Crippen LogP contribution in [0.5, 0.6) is 0 Å². The van der Waals surface area contributed by atoms with E-state index in [0.717, 1.165) is 61.1 Å². The summed E-state index contributed by atoms with van der Waals surface area (Å²) >= 11 is 0. The molecule has 0 aliphatic rings. The molecule has 4 aromatic heterocycles. The van der Waals surface area contributed by atoms with Crippen molar-refractivity contribution >= 4 is 43.6 Å². The summed E-state index contributed by atoms with van der Waals surface area (Å²) in [5, 5.41) is 4.75. The van der Waals surface area contributed by atoms with Crippen molar-refractivity contribution in [2.24, 2.45) is 0 Å². The van der Waals surface area contributed by atoms with Crippen molar-refractivity contribution in [3.63, 3.8) is 0 Å². The molecule has 6 heteroatoms. The van der Waals surface area contributed by atoms with Gasteiger partial charge < -0.3 is 4.57 Å². The summed E-state index contributed by atoms with van der Waals surface area (Å²) in [6.45, 7) is 0. The Bertz CT molecular complexity index is 3160. The fraction of sp³-hybridized carbons (Fsp3) is 0. The highest BCUT2D eigenvalue weighted by Gasteiger charge is 2.18. The number of aromatic nitrogens is 6. The van der Waals surface area contributed by atoms with Gasteiger partial charge >= 0.3 is 0 Å². The minimum absolute atomic E-state index is 0.576. The van der Waals surface area contributed by atoms with Crippen molar-refractivity contribution in [2.45, 2.75) is 0 Å². The monoisotopic (exact) mass is 716 g/mol. The van der Waals surface area contributed by atoms with Gasteiger partial charge in [-0.05, 0) is 65.7 Å². The maximum Gasteiger partial charge on any atom is 0.234 e. The van der Waals surface area contributed by atoms with Crippen LogP contribution in [0.15, 0.2) is 194 Å². The van der Waals surface area contributed by atoms with Crippen LogP contribution in [-0.2, 0) is 0 Å². The smallest absolute Gasteiger partial charge is 0.234 e. The van der Waals surface area contributed by atoms with Crippen molar-refractivity contribution in [3.05, 3.63) is 194 Å². The van der Waals surface area contributed by atoms with Crippen molar-refractivity contribution in [2.75, 3.05) is 0 Å². The Balaban J connectivity index is 1.01. The quantitative estimate of drug-likeness (QED) is 0.172. The van der Waals surface area contributed by atoms with E-state index in [9.17, 15) is 0 Å². The van der Waals surface area contributed by atoms with Gasteiger partial charge in [0.05, 0.1) is 39.0 Å². The highest BCUT2D eigenvalue weighted by Crippen LogP contribution is 2.38. The van der Waals surface area contributed by atoms with E-state index in [1.807, 2.05) is 54.9 Å². The molecule has 0 atom stereocenters. The molecule has 4 heterocycles. The largest absolute Gasteiger partial charge is 0.309 e. The Morgan fingerprint density at radius 3 is 1.32 bits per heavy atom. The summed E-state index contributed by atoms with van der Waals surface area (Å²) in [4.78, 5) is 19.9. The Kier molecular flexibility index (Phi) is 7.38. The molecule has 0 bridgehead atoms. The molecule has 11 aromatic rings. The first kappa shape index (κ1) is 31.8. The fourth-order valence-corrected chi connectivity index (χ4v) is 8.02. The number of fused-ring (bicyclic) bond motifs is 6. The van der Waals surface area contributed by atoms with Crippen molar-refractivity contribution in [3.8, 4) is 56.7 Å². The Labute approximate surface area is 322 Å². The maximum absolute atomic E-state index is 4.98. The average molecular weight is 717 g/mol. The molecule has 0 saturated heterocycles. The van der Waals surface area contributed by atoms with E-state index in [-0.39, 0.29) is 0 Å². The molecule has 0 amide bonds. The molecule has 0 saturated carbocycles. The molecule has 0 radical (unpaired) electrons. The van der Waals surface area contributed by atoms with Gasteiger partial charge in [-0.1, -0.05) is 127 Å². The van der Waals surface area contributed by atoms with Gasteiger partial charge in [-0.3, -0.25) is 4.57 Å². The molecule has 0 spiro atoms. The maximum atomic E-state index is 4.98. The van der Waals surface area contributed by atoms with E-state index in [4.69, 9.17) is 19.9 Å². The second-order valence-electron chi connectivity index (χ2n) is 14.0. The zero-order chi connectivity index (χ0) is 37.0. The van der Waals surface area contributed by atoms with Gasteiger partial charge in [-0.15, -0.1) is 0 Å². The zero-order valence-electron chi connectivity index (χ0n) is 30.2. The molecular weight excluding hydrogens is 685 g/mol. The van der Waals surface area contributed by atoms with Crippen LogP contribution in [0.1, 0.15) is 0 Å². The lowest BCUT2D eigenvalue weighted by Crippen LogP contribution is -2.02. The van der Waals surface area contributed by atoms with Crippen molar-refractivity contribution in [1.82, 2.24) is 29.1 Å². The number of para-hydroxylation sites is 3. The summed E-state index contributed by atoms with van der Waals surface area (Å²) in [5.74, 6) is 1.16. The van der Waals surface area contributed by atoms with E-state index in [0.29, 0.717) is 11.8 Å². The van der Waals surface area contributed by atoms with Crippen LogP contribution < -0.4 is 0 Å². The van der Waals surface area contributed by atoms with Gasteiger partial charge in [0.1, 0.15) is 0 Å². The summed E-state index contributed by atoms with van der Waals surface area (Å²) in [6.07, 6.45) is 3.66. The predicted molar refractivity (Wildman–Crippen MR) is 228 cm³/mol. The third kappa shape index (κ3) is 5.27. The molecule has 0 aliphatic carbocycles. The summed E-state index contributed by atoms with van der Waals surface area (Å²) in [6, 6.07) is 63.7. The zero-order valence-corrected chi connectivity index (χ0v) is 30.2. The lowest BCUT2D eigenvalue weighted by molar-refractivity contribution is 0.985. The molecule has 0 unspecified atom stereocenters. The van der Waals surface area contributed by atoms with Crippen LogP contribution in [0.4, 0.5) is 0 Å². The third-order valence-electron chi connectivity index (χ3n) is 10.7. The highest BCUT2D eigenvalue weighted by molar-refractivity contribution is 6.12. The van der Waals surface area contributed by atoms with Crippen LogP contribution in [0.3, 0.4) is 0 Å². The van der Waals surface area contributed by atoms with E-state index >= 15 is 0 Å². The average Bonchev–Trinajstić information content (AvgIpc) is 3.79. The van der Waals surface area contributed by atoms with Gasteiger partial charge in [0.15, 0.2) is 5.82 Å². The van der Waals surface area contributed by atoms with E-state index in [1.165, 1.54) is 27.4 Å². The van der Waals surface area contributed by atoms with Crippen LogP contribution in [0.2, 0.25) is 0 Å². The lowest BCUT2D eigenvalue weighted by Gasteiger charge is -2.10. The van der Waals surface area contributed by atoms with Crippen LogP contribution in [0, 0.1) is 0 Å². The Hall–Kier alpha value is -7.70. The van der Waals surface area contributed by atoms with E-state index in [2.05, 4.69) is 149 Å². The number of rotatable bonds is 6. The number of hydrogen-bond donors (Lipinski definition) is 0. The predicted octanol–water partition coefficient (Wildman–Crippen LogP) is 12.1. The number of hydrogen-bond acceptors (Lipinski definition) is 4. The fourth-order valence-electron chi connectivity index (χ4n) is 8.02. The second kappa shape index (κ2) is 13.0. The van der Waals surface area contributed by atoms with Crippen molar-refractivity contribution < 1.29 is 0 Å².